The highest BCUT2D eigenvalue weighted by Gasteiger charge is 2.19. The minimum Gasteiger partial charge on any atom is -0.326 e. The third-order valence-corrected chi connectivity index (χ3v) is 3.26. The molecule has 1 fully saturated rings. The van der Waals surface area contributed by atoms with Crippen LogP contribution in [-0.2, 0) is 6.54 Å². The summed E-state index contributed by atoms with van der Waals surface area (Å²) in [5.74, 6) is 0. The molecule has 0 amide bonds. The van der Waals surface area contributed by atoms with Crippen LogP contribution in [0.5, 0.6) is 0 Å². The maximum atomic E-state index is 6.19. The van der Waals surface area contributed by atoms with E-state index in [0.717, 1.165) is 31.1 Å². The van der Waals surface area contributed by atoms with Crippen LogP contribution in [0.25, 0.3) is 0 Å². The van der Waals surface area contributed by atoms with Crippen molar-refractivity contribution in [1.82, 2.24) is 4.90 Å². The van der Waals surface area contributed by atoms with Gasteiger partial charge in [0.2, 0.25) is 0 Å². The number of benzene rings is 1. The lowest BCUT2D eigenvalue weighted by molar-refractivity contribution is 0.327. The molecular formula is C12H17ClN2. The van der Waals surface area contributed by atoms with Crippen LogP contribution in [0, 0.1) is 6.92 Å². The molecule has 1 saturated heterocycles. The van der Waals surface area contributed by atoms with Crippen molar-refractivity contribution in [2.45, 2.75) is 25.9 Å². The van der Waals surface area contributed by atoms with E-state index >= 15 is 0 Å². The summed E-state index contributed by atoms with van der Waals surface area (Å²) in [6, 6.07) is 6.58. The first-order valence-corrected chi connectivity index (χ1v) is 5.76. The van der Waals surface area contributed by atoms with Crippen molar-refractivity contribution < 1.29 is 0 Å². The fraction of sp³-hybridized carbons (Fsp3) is 0.500. The molecule has 82 valence electrons. The Bertz CT molecular complexity index is 351. The molecule has 2 rings (SSSR count). The zero-order valence-electron chi connectivity index (χ0n) is 9.04. The van der Waals surface area contributed by atoms with Gasteiger partial charge in [-0.25, -0.2) is 0 Å². The Labute approximate surface area is 96.0 Å². The summed E-state index contributed by atoms with van der Waals surface area (Å²) >= 11 is 6.19. The average molecular weight is 225 g/mol. The Kier molecular flexibility index (Phi) is 3.29. The van der Waals surface area contributed by atoms with Crippen molar-refractivity contribution in [3.05, 3.63) is 34.3 Å². The summed E-state index contributed by atoms with van der Waals surface area (Å²) < 4.78 is 0. The van der Waals surface area contributed by atoms with E-state index in [2.05, 4.69) is 24.0 Å². The van der Waals surface area contributed by atoms with E-state index in [1.807, 2.05) is 6.07 Å². The normalized spacial score (nSPS) is 22.2. The van der Waals surface area contributed by atoms with Crippen molar-refractivity contribution in [2.24, 2.45) is 5.73 Å². The molecule has 0 aliphatic carbocycles. The molecule has 3 heteroatoms. The molecule has 2 N–H and O–H groups in total. The van der Waals surface area contributed by atoms with Crippen LogP contribution in [0.3, 0.4) is 0 Å². The monoisotopic (exact) mass is 224 g/mol. The molecule has 2 nitrogen and oxygen atoms in total. The smallest absolute Gasteiger partial charge is 0.0453 e. The summed E-state index contributed by atoms with van der Waals surface area (Å²) in [5, 5.41) is 0.871. The van der Waals surface area contributed by atoms with Gasteiger partial charge in [-0.2, -0.15) is 0 Å². The third kappa shape index (κ3) is 2.71. The molecular weight excluding hydrogens is 208 g/mol. The minimum absolute atomic E-state index is 0.342. The highest BCUT2D eigenvalue weighted by molar-refractivity contribution is 6.31. The van der Waals surface area contributed by atoms with Crippen LogP contribution in [-0.4, -0.2) is 24.0 Å². The van der Waals surface area contributed by atoms with Crippen LogP contribution in [0.4, 0.5) is 0 Å². The van der Waals surface area contributed by atoms with Gasteiger partial charge in [-0.05, 0) is 30.5 Å². The summed E-state index contributed by atoms with van der Waals surface area (Å²) in [6.45, 7) is 5.06. The second kappa shape index (κ2) is 4.52. The van der Waals surface area contributed by atoms with Crippen LogP contribution in [0.2, 0.25) is 5.02 Å². The number of halogens is 1. The number of aryl methyl sites for hydroxylation is 1. The van der Waals surface area contributed by atoms with Crippen molar-refractivity contribution in [2.75, 3.05) is 13.1 Å². The Morgan fingerprint density at radius 2 is 2.33 bits per heavy atom. The zero-order valence-corrected chi connectivity index (χ0v) is 9.80. The van der Waals surface area contributed by atoms with Crippen LogP contribution in [0.1, 0.15) is 17.5 Å². The first kappa shape index (κ1) is 10.9. The van der Waals surface area contributed by atoms with Gasteiger partial charge in [0, 0.05) is 30.7 Å². The zero-order chi connectivity index (χ0) is 10.8. The minimum atomic E-state index is 0.342. The first-order chi connectivity index (χ1) is 7.15. The highest BCUT2D eigenvalue weighted by atomic mass is 35.5. The standard InChI is InChI=1S/C12H17ClN2/c1-9-2-3-10(12(13)6-9)7-15-5-4-11(14)8-15/h2-3,6,11H,4-5,7-8,14H2,1H3/t11-/m0/s1. The largest absolute Gasteiger partial charge is 0.326 e. The predicted molar refractivity (Wildman–Crippen MR) is 64.1 cm³/mol. The van der Waals surface area contributed by atoms with Gasteiger partial charge in [0.25, 0.3) is 0 Å². The predicted octanol–water partition coefficient (Wildman–Crippen LogP) is 2.18. The number of hydrogen-bond acceptors (Lipinski definition) is 2. The fourth-order valence-corrected chi connectivity index (χ4v) is 2.32. The van der Waals surface area contributed by atoms with E-state index in [1.165, 1.54) is 11.1 Å². The quantitative estimate of drug-likeness (QED) is 0.835. The molecule has 0 aromatic heterocycles. The molecule has 0 spiro atoms. The van der Waals surface area contributed by atoms with Crippen LogP contribution >= 0.6 is 11.6 Å². The molecule has 1 aliphatic rings. The first-order valence-electron chi connectivity index (χ1n) is 5.38. The number of rotatable bonds is 2. The third-order valence-electron chi connectivity index (χ3n) is 2.91. The lowest BCUT2D eigenvalue weighted by atomic mass is 10.1. The number of hydrogen-bond donors (Lipinski definition) is 1. The number of nitrogens with zero attached hydrogens (tertiary/aromatic N) is 1. The number of likely N-dealkylation sites (tertiary alicyclic amines) is 1. The van der Waals surface area contributed by atoms with Crippen molar-refractivity contribution in [3.8, 4) is 0 Å². The lowest BCUT2D eigenvalue weighted by Crippen LogP contribution is -2.26. The average Bonchev–Trinajstić information content (AvgIpc) is 2.56. The van der Waals surface area contributed by atoms with Gasteiger partial charge in [0.05, 0.1) is 0 Å². The van der Waals surface area contributed by atoms with Crippen molar-refractivity contribution >= 4 is 11.6 Å². The molecule has 1 aliphatic heterocycles. The summed E-state index contributed by atoms with van der Waals surface area (Å²) in [7, 11) is 0. The molecule has 1 heterocycles. The van der Waals surface area contributed by atoms with Gasteiger partial charge >= 0.3 is 0 Å². The maximum absolute atomic E-state index is 6.19. The molecule has 0 bridgehead atoms. The summed E-state index contributed by atoms with van der Waals surface area (Å²) in [6.07, 6.45) is 1.10. The Morgan fingerprint density at radius 1 is 1.53 bits per heavy atom. The molecule has 0 saturated carbocycles. The summed E-state index contributed by atoms with van der Waals surface area (Å²) in [5.41, 5.74) is 8.28. The van der Waals surface area contributed by atoms with Gasteiger partial charge in [-0.1, -0.05) is 23.7 Å². The number of nitrogens with two attached hydrogens (primary N) is 1. The van der Waals surface area contributed by atoms with Gasteiger partial charge in [-0.15, -0.1) is 0 Å². The highest BCUT2D eigenvalue weighted by Crippen LogP contribution is 2.21. The Balaban J connectivity index is 2.04. The van der Waals surface area contributed by atoms with E-state index in [-0.39, 0.29) is 0 Å². The Morgan fingerprint density at radius 3 is 2.93 bits per heavy atom. The molecule has 1 aromatic rings. The van der Waals surface area contributed by atoms with E-state index in [9.17, 15) is 0 Å². The van der Waals surface area contributed by atoms with E-state index < -0.39 is 0 Å². The van der Waals surface area contributed by atoms with Crippen molar-refractivity contribution in [1.29, 1.82) is 0 Å². The molecule has 0 unspecified atom stereocenters. The van der Waals surface area contributed by atoms with Crippen LogP contribution in [0.15, 0.2) is 18.2 Å². The van der Waals surface area contributed by atoms with Crippen LogP contribution < -0.4 is 5.73 Å². The second-order valence-electron chi connectivity index (χ2n) is 4.38. The van der Waals surface area contributed by atoms with Gasteiger partial charge in [-0.3, -0.25) is 4.90 Å². The SMILES string of the molecule is Cc1ccc(CN2CC[C@H](N)C2)c(Cl)c1. The van der Waals surface area contributed by atoms with Gasteiger partial charge in [0.1, 0.15) is 0 Å². The molecule has 1 aromatic carbocycles. The van der Waals surface area contributed by atoms with E-state index in [4.69, 9.17) is 17.3 Å². The molecule has 1 atom stereocenters. The lowest BCUT2D eigenvalue weighted by Gasteiger charge is -2.16. The Hall–Kier alpha value is -0.570. The molecule has 15 heavy (non-hydrogen) atoms. The van der Waals surface area contributed by atoms with E-state index in [1.54, 1.807) is 0 Å². The van der Waals surface area contributed by atoms with Crippen molar-refractivity contribution in [3.63, 3.8) is 0 Å². The van der Waals surface area contributed by atoms with Gasteiger partial charge < -0.3 is 5.73 Å². The summed E-state index contributed by atoms with van der Waals surface area (Å²) in [4.78, 5) is 2.36. The molecule has 0 radical (unpaired) electrons. The second-order valence-corrected chi connectivity index (χ2v) is 4.79. The fourth-order valence-electron chi connectivity index (χ4n) is 2.03. The topological polar surface area (TPSA) is 29.3 Å². The van der Waals surface area contributed by atoms with E-state index in [0.29, 0.717) is 6.04 Å². The maximum Gasteiger partial charge on any atom is 0.0453 e. The van der Waals surface area contributed by atoms with Gasteiger partial charge in [0.15, 0.2) is 0 Å².